The van der Waals surface area contributed by atoms with Crippen LogP contribution >= 0.6 is 0 Å². The molecule has 0 unspecified atom stereocenters. The van der Waals surface area contributed by atoms with E-state index in [1.807, 2.05) is 25.1 Å². The van der Waals surface area contributed by atoms with Crippen molar-refractivity contribution in [3.05, 3.63) is 29.3 Å². The molecule has 1 amide bonds. The Labute approximate surface area is 120 Å². The Morgan fingerprint density at radius 1 is 1.35 bits per heavy atom. The second-order valence-corrected chi connectivity index (χ2v) is 6.33. The number of methoxy groups -OCH3 is 1. The quantitative estimate of drug-likeness (QED) is 0.916. The fourth-order valence-electron chi connectivity index (χ4n) is 3.92. The summed E-state index contributed by atoms with van der Waals surface area (Å²) < 4.78 is 5.25. The molecule has 3 nitrogen and oxygen atoms in total. The van der Waals surface area contributed by atoms with E-state index in [0.717, 1.165) is 28.7 Å². The lowest BCUT2D eigenvalue weighted by atomic mass is 9.95. The molecule has 2 bridgehead atoms. The van der Waals surface area contributed by atoms with E-state index in [0.29, 0.717) is 12.5 Å². The van der Waals surface area contributed by atoms with E-state index in [1.165, 1.54) is 25.7 Å². The molecular weight excluding hydrogens is 250 g/mol. The molecule has 2 fully saturated rings. The minimum atomic E-state index is 0.159. The third kappa shape index (κ3) is 2.67. The van der Waals surface area contributed by atoms with Crippen molar-refractivity contribution in [3.63, 3.8) is 0 Å². The molecule has 0 spiro atoms. The number of rotatable bonds is 4. The van der Waals surface area contributed by atoms with Crippen LogP contribution < -0.4 is 10.1 Å². The maximum atomic E-state index is 12.2. The Balaban J connectivity index is 1.57. The number of carbonyl (C=O) groups is 1. The van der Waals surface area contributed by atoms with E-state index in [1.54, 1.807) is 7.11 Å². The maximum absolute atomic E-state index is 12.2. The highest BCUT2D eigenvalue weighted by Crippen LogP contribution is 2.44. The molecule has 2 aliphatic rings. The Hall–Kier alpha value is -1.51. The minimum Gasteiger partial charge on any atom is -0.496 e. The molecule has 2 saturated carbocycles. The summed E-state index contributed by atoms with van der Waals surface area (Å²) in [5.41, 5.74) is 2.14. The van der Waals surface area contributed by atoms with Crippen molar-refractivity contribution in [2.75, 3.05) is 7.11 Å². The van der Waals surface area contributed by atoms with Crippen LogP contribution in [0, 0.1) is 18.8 Å². The second kappa shape index (κ2) is 5.47. The number of fused-ring (bicyclic) bond motifs is 2. The molecule has 0 aromatic heterocycles. The summed E-state index contributed by atoms with van der Waals surface area (Å²) in [5, 5.41) is 3.24. The number of nitrogens with one attached hydrogen (secondary N) is 1. The fourth-order valence-corrected chi connectivity index (χ4v) is 3.92. The van der Waals surface area contributed by atoms with Gasteiger partial charge in [0.2, 0.25) is 5.91 Å². The first-order valence-corrected chi connectivity index (χ1v) is 7.58. The second-order valence-electron chi connectivity index (χ2n) is 6.33. The molecule has 3 atom stereocenters. The average molecular weight is 273 g/mol. The van der Waals surface area contributed by atoms with E-state index in [-0.39, 0.29) is 5.91 Å². The largest absolute Gasteiger partial charge is 0.496 e. The molecule has 0 radical (unpaired) electrons. The predicted molar refractivity (Wildman–Crippen MR) is 78.8 cm³/mol. The number of benzene rings is 1. The molecular formula is C17H23NO2. The smallest absolute Gasteiger partial charge is 0.224 e. The van der Waals surface area contributed by atoms with Gasteiger partial charge in [-0.05, 0) is 55.2 Å². The van der Waals surface area contributed by atoms with Crippen LogP contribution in [0.4, 0.5) is 0 Å². The summed E-state index contributed by atoms with van der Waals surface area (Å²) >= 11 is 0. The van der Waals surface area contributed by atoms with Gasteiger partial charge in [0.05, 0.1) is 13.5 Å². The number of ether oxygens (including phenoxy) is 1. The zero-order valence-corrected chi connectivity index (χ0v) is 12.3. The van der Waals surface area contributed by atoms with Gasteiger partial charge in [0.25, 0.3) is 0 Å². The summed E-state index contributed by atoms with van der Waals surface area (Å²) in [6.45, 7) is 2.01. The van der Waals surface area contributed by atoms with Crippen LogP contribution in [0.25, 0.3) is 0 Å². The van der Waals surface area contributed by atoms with E-state index in [9.17, 15) is 4.79 Å². The number of aryl methyl sites for hydroxylation is 1. The normalized spacial score (nSPS) is 27.6. The topological polar surface area (TPSA) is 38.3 Å². The first kappa shape index (κ1) is 13.5. The van der Waals surface area contributed by atoms with E-state index in [4.69, 9.17) is 4.74 Å². The predicted octanol–water partition coefficient (Wildman–Crippen LogP) is 2.85. The zero-order valence-electron chi connectivity index (χ0n) is 12.3. The minimum absolute atomic E-state index is 0.159. The van der Waals surface area contributed by atoms with Gasteiger partial charge in [-0.2, -0.15) is 0 Å². The summed E-state index contributed by atoms with van der Waals surface area (Å²) in [6, 6.07) is 6.39. The van der Waals surface area contributed by atoms with Crippen LogP contribution in [0.15, 0.2) is 18.2 Å². The summed E-state index contributed by atoms with van der Waals surface area (Å²) in [6.07, 6.45) is 5.66. The van der Waals surface area contributed by atoms with Gasteiger partial charge >= 0.3 is 0 Å². The van der Waals surface area contributed by atoms with Gasteiger partial charge < -0.3 is 10.1 Å². The van der Waals surface area contributed by atoms with Gasteiger partial charge in [-0.15, -0.1) is 0 Å². The van der Waals surface area contributed by atoms with E-state index < -0.39 is 0 Å². The molecule has 2 aliphatic carbocycles. The molecule has 3 heteroatoms. The van der Waals surface area contributed by atoms with Gasteiger partial charge in [0.15, 0.2) is 0 Å². The van der Waals surface area contributed by atoms with Crippen LogP contribution in [0.1, 0.15) is 36.8 Å². The number of hydrogen-bond acceptors (Lipinski definition) is 2. The third-order valence-corrected chi connectivity index (χ3v) is 4.91. The molecule has 3 rings (SSSR count). The lowest BCUT2D eigenvalue weighted by molar-refractivity contribution is -0.121. The Morgan fingerprint density at radius 2 is 2.20 bits per heavy atom. The summed E-state index contributed by atoms with van der Waals surface area (Å²) in [4.78, 5) is 12.2. The lowest BCUT2D eigenvalue weighted by Gasteiger charge is -2.23. The maximum Gasteiger partial charge on any atom is 0.224 e. The summed E-state index contributed by atoms with van der Waals surface area (Å²) in [7, 11) is 1.67. The van der Waals surface area contributed by atoms with Crippen molar-refractivity contribution in [3.8, 4) is 5.75 Å². The van der Waals surface area contributed by atoms with Crippen molar-refractivity contribution in [2.24, 2.45) is 11.8 Å². The van der Waals surface area contributed by atoms with Crippen molar-refractivity contribution in [2.45, 2.75) is 45.1 Å². The lowest BCUT2D eigenvalue weighted by Crippen LogP contribution is -2.39. The van der Waals surface area contributed by atoms with Crippen molar-refractivity contribution in [1.82, 2.24) is 5.32 Å². The van der Waals surface area contributed by atoms with Crippen molar-refractivity contribution >= 4 is 5.91 Å². The third-order valence-electron chi connectivity index (χ3n) is 4.91. The first-order chi connectivity index (χ1) is 9.65. The van der Waals surface area contributed by atoms with Crippen LogP contribution in [-0.2, 0) is 11.2 Å². The number of amides is 1. The highest BCUT2D eigenvalue weighted by Gasteiger charge is 2.39. The number of hydrogen-bond donors (Lipinski definition) is 1. The van der Waals surface area contributed by atoms with Crippen LogP contribution in [0.5, 0.6) is 5.75 Å². The van der Waals surface area contributed by atoms with Gasteiger partial charge in [0.1, 0.15) is 5.75 Å². The molecule has 108 valence electrons. The molecule has 20 heavy (non-hydrogen) atoms. The summed E-state index contributed by atoms with van der Waals surface area (Å²) in [5.74, 6) is 2.64. The first-order valence-electron chi connectivity index (χ1n) is 7.58. The van der Waals surface area contributed by atoms with Gasteiger partial charge in [-0.1, -0.05) is 18.6 Å². The van der Waals surface area contributed by atoms with Gasteiger partial charge in [0, 0.05) is 6.04 Å². The molecule has 0 heterocycles. The van der Waals surface area contributed by atoms with Crippen LogP contribution in [0.2, 0.25) is 0 Å². The molecule has 0 aliphatic heterocycles. The Morgan fingerprint density at radius 3 is 2.80 bits per heavy atom. The fraction of sp³-hybridized carbons (Fsp3) is 0.588. The molecule has 0 saturated heterocycles. The molecule has 1 aromatic carbocycles. The SMILES string of the molecule is COc1ccc(CC(=O)N[C@H]2C[C@H]3CC[C@@H]2C3)cc1C. The standard InChI is InChI=1S/C17H23NO2/c1-11-7-12(4-6-16(11)20-2)10-17(19)18-15-9-13-3-5-14(15)8-13/h4,6-7,13-15H,3,5,8-10H2,1-2H3,(H,18,19)/t13-,14+,15-/m0/s1. The number of carbonyl (C=O) groups excluding carboxylic acids is 1. The Kier molecular flexibility index (Phi) is 3.68. The van der Waals surface area contributed by atoms with Crippen molar-refractivity contribution < 1.29 is 9.53 Å². The molecule has 1 aromatic rings. The highest BCUT2D eigenvalue weighted by atomic mass is 16.5. The average Bonchev–Trinajstić information content (AvgIpc) is 3.01. The van der Waals surface area contributed by atoms with E-state index >= 15 is 0 Å². The van der Waals surface area contributed by atoms with E-state index in [2.05, 4.69) is 5.32 Å². The highest BCUT2D eigenvalue weighted by molar-refractivity contribution is 5.79. The van der Waals surface area contributed by atoms with Crippen LogP contribution in [-0.4, -0.2) is 19.1 Å². The molecule has 1 N–H and O–H groups in total. The van der Waals surface area contributed by atoms with Crippen LogP contribution in [0.3, 0.4) is 0 Å². The monoisotopic (exact) mass is 273 g/mol. The Bertz CT molecular complexity index is 512. The zero-order chi connectivity index (χ0) is 14.1. The van der Waals surface area contributed by atoms with Crippen molar-refractivity contribution in [1.29, 1.82) is 0 Å². The van der Waals surface area contributed by atoms with Gasteiger partial charge in [-0.3, -0.25) is 4.79 Å². The van der Waals surface area contributed by atoms with Gasteiger partial charge in [-0.25, -0.2) is 0 Å².